The minimum absolute atomic E-state index is 1.32. The summed E-state index contributed by atoms with van der Waals surface area (Å²) in [5.74, 6) is 0. The molecule has 22 heavy (non-hydrogen) atoms. The molecule has 0 saturated carbocycles. The fourth-order valence-electron chi connectivity index (χ4n) is 3.54. The van der Waals surface area contributed by atoms with Crippen molar-refractivity contribution in [1.82, 2.24) is 0 Å². The molecule has 0 aliphatic carbocycles. The molecule has 0 atom stereocenters. The molecule has 0 saturated heterocycles. The van der Waals surface area contributed by atoms with Crippen LogP contribution in [0.25, 0.3) is 41.7 Å². The topological polar surface area (TPSA) is 0 Å². The number of rotatable bonds is 0. The zero-order valence-corrected chi connectivity index (χ0v) is 13.1. The smallest absolute Gasteiger partial charge is 0.0436 e. The lowest BCUT2D eigenvalue weighted by Gasteiger charge is -2.03. The molecule has 5 aromatic rings. The van der Waals surface area contributed by atoms with Crippen LogP contribution in [-0.4, -0.2) is 0 Å². The second-order valence-electron chi connectivity index (χ2n) is 5.88. The summed E-state index contributed by atoms with van der Waals surface area (Å²) in [6.45, 7) is 2.23. The Bertz CT molecular complexity index is 1180. The first-order valence-electron chi connectivity index (χ1n) is 7.55. The molecule has 1 heteroatoms. The fourth-order valence-corrected chi connectivity index (χ4v) is 4.99. The van der Waals surface area contributed by atoms with Crippen molar-refractivity contribution in [3.8, 4) is 0 Å². The maximum Gasteiger partial charge on any atom is 0.0436 e. The van der Waals surface area contributed by atoms with Gasteiger partial charge >= 0.3 is 0 Å². The van der Waals surface area contributed by atoms with Gasteiger partial charge in [-0.2, -0.15) is 0 Å². The maximum absolute atomic E-state index is 2.32. The second kappa shape index (κ2) is 4.31. The molecular weight excluding hydrogens is 284 g/mol. The highest BCUT2D eigenvalue weighted by Crippen LogP contribution is 2.42. The van der Waals surface area contributed by atoms with Crippen molar-refractivity contribution in [2.24, 2.45) is 0 Å². The zero-order chi connectivity index (χ0) is 14.7. The van der Waals surface area contributed by atoms with Gasteiger partial charge in [0, 0.05) is 20.2 Å². The van der Waals surface area contributed by atoms with E-state index in [4.69, 9.17) is 0 Å². The molecule has 0 aliphatic rings. The quantitative estimate of drug-likeness (QED) is 0.299. The van der Waals surface area contributed by atoms with Crippen molar-refractivity contribution >= 4 is 53.1 Å². The van der Waals surface area contributed by atoms with Gasteiger partial charge in [-0.05, 0) is 34.0 Å². The van der Waals surface area contributed by atoms with E-state index in [1.54, 1.807) is 0 Å². The normalized spacial score (nSPS) is 11.9. The number of thiophene rings is 1. The van der Waals surface area contributed by atoms with E-state index in [0.717, 1.165) is 0 Å². The molecule has 0 N–H and O–H groups in total. The van der Waals surface area contributed by atoms with E-state index < -0.39 is 0 Å². The van der Waals surface area contributed by atoms with Crippen molar-refractivity contribution in [1.29, 1.82) is 0 Å². The first kappa shape index (κ1) is 12.2. The minimum Gasteiger partial charge on any atom is -0.134 e. The molecule has 0 bridgehead atoms. The molecule has 1 heterocycles. The third kappa shape index (κ3) is 1.52. The predicted molar refractivity (Wildman–Crippen MR) is 99.1 cm³/mol. The van der Waals surface area contributed by atoms with Gasteiger partial charge in [-0.15, -0.1) is 11.3 Å². The summed E-state index contributed by atoms with van der Waals surface area (Å²) >= 11 is 1.93. The fraction of sp³-hybridized carbons (Fsp3) is 0.0476. The van der Waals surface area contributed by atoms with E-state index in [1.807, 2.05) is 11.3 Å². The lowest BCUT2D eigenvalue weighted by atomic mass is 10.00. The number of benzene rings is 4. The van der Waals surface area contributed by atoms with Crippen LogP contribution in [0.1, 0.15) is 5.56 Å². The van der Waals surface area contributed by atoms with Gasteiger partial charge in [0.1, 0.15) is 0 Å². The Labute approximate surface area is 132 Å². The molecule has 0 nitrogen and oxygen atoms in total. The molecule has 5 rings (SSSR count). The van der Waals surface area contributed by atoms with Crippen molar-refractivity contribution in [3.05, 3.63) is 72.3 Å². The molecule has 0 fully saturated rings. The van der Waals surface area contributed by atoms with E-state index in [9.17, 15) is 0 Å². The van der Waals surface area contributed by atoms with Crippen LogP contribution >= 0.6 is 11.3 Å². The average molecular weight is 298 g/mol. The van der Waals surface area contributed by atoms with Gasteiger partial charge in [-0.1, -0.05) is 66.7 Å². The molecule has 104 valence electrons. The van der Waals surface area contributed by atoms with Gasteiger partial charge in [0.2, 0.25) is 0 Å². The summed E-state index contributed by atoms with van der Waals surface area (Å²) < 4.78 is 2.83. The van der Waals surface area contributed by atoms with E-state index in [-0.39, 0.29) is 0 Å². The van der Waals surface area contributed by atoms with Crippen molar-refractivity contribution < 1.29 is 0 Å². The van der Waals surface area contributed by atoms with Gasteiger partial charge in [0.15, 0.2) is 0 Å². The highest BCUT2D eigenvalue weighted by atomic mass is 32.1. The maximum atomic E-state index is 2.32. The Morgan fingerprint density at radius 3 is 2.14 bits per heavy atom. The number of fused-ring (bicyclic) bond motifs is 7. The van der Waals surface area contributed by atoms with Crippen molar-refractivity contribution in [3.63, 3.8) is 0 Å². The Morgan fingerprint density at radius 2 is 1.32 bits per heavy atom. The first-order valence-corrected chi connectivity index (χ1v) is 8.37. The molecule has 0 spiro atoms. The number of aryl methyl sites for hydroxylation is 1. The van der Waals surface area contributed by atoms with Crippen LogP contribution < -0.4 is 0 Å². The van der Waals surface area contributed by atoms with Crippen molar-refractivity contribution in [2.75, 3.05) is 0 Å². The molecule has 0 aliphatic heterocycles. The van der Waals surface area contributed by atoms with Gasteiger partial charge < -0.3 is 0 Å². The second-order valence-corrected chi connectivity index (χ2v) is 6.90. The summed E-state index contributed by atoms with van der Waals surface area (Å²) in [6.07, 6.45) is 0. The van der Waals surface area contributed by atoms with Crippen molar-refractivity contribution in [2.45, 2.75) is 6.92 Å². The Hall–Kier alpha value is -2.38. The molecule has 1 aromatic heterocycles. The lowest BCUT2D eigenvalue weighted by molar-refractivity contribution is 1.58. The van der Waals surface area contributed by atoms with E-state index in [1.165, 1.54) is 47.3 Å². The molecular formula is C21H14S. The van der Waals surface area contributed by atoms with E-state index in [0.29, 0.717) is 0 Å². The third-order valence-electron chi connectivity index (χ3n) is 4.55. The van der Waals surface area contributed by atoms with E-state index in [2.05, 4.69) is 73.7 Å². The Kier molecular flexibility index (Phi) is 2.39. The van der Waals surface area contributed by atoms with E-state index >= 15 is 0 Å². The van der Waals surface area contributed by atoms with Crippen LogP contribution in [0.5, 0.6) is 0 Å². The van der Waals surface area contributed by atoms with Gasteiger partial charge in [-0.3, -0.25) is 0 Å². The zero-order valence-electron chi connectivity index (χ0n) is 12.3. The molecule has 4 aromatic carbocycles. The molecule has 0 radical (unpaired) electrons. The highest BCUT2D eigenvalue weighted by molar-refractivity contribution is 7.27. The summed E-state index contributed by atoms with van der Waals surface area (Å²) in [7, 11) is 0. The van der Waals surface area contributed by atoms with Crippen LogP contribution in [0.2, 0.25) is 0 Å². The van der Waals surface area contributed by atoms with Crippen LogP contribution in [0.15, 0.2) is 66.7 Å². The first-order chi connectivity index (χ1) is 10.8. The van der Waals surface area contributed by atoms with Crippen LogP contribution in [0.3, 0.4) is 0 Å². The third-order valence-corrected chi connectivity index (χ3v) is 5.82. The van der Waals surface area contributed by atoms with Gasteiger partial charge in [0.25, 0.3) is 0 Å². The summed E-state index contributed by atoms with van der Waals surface area (Å²) in [5.41, 5.74) is 1.37. The van der Waals surface area contributed by atoms with Crippen LogP contribution in [0.4, 0.5) is 0 Å². The molecule has 0 amide bonds. The monoisotopic (exact) mass is 298 g/mol. The largest absolute Gasteiger partial charge is 0.134 e. The summed E-state index contributed by atoms with van der Waals surface area (Å²) in [4.78, 5) is 0. The van der Waals surface area contributed by atoms with Crippen LogP contribution in [0, 0.1) is 6.92 Å². The van der Waals surface area contributed by atoms with Gasteiger partial charge in [-0.25, -0.2) is 0 Å². The SMILES string of the molecule is Cc1cc2ccccc2c2sc3c4ccccc4ccc3c12. The number of hydrogen-bond donors (Lipinski definition) is 0. The predicted octanol–water partition coefficient (Wildman–Crippen LogP) is 6.67. The van der Waals surface area contributed by atoms with Gasteiger partial charge in [0.05, 0.1) is 0 Å². The number of hydrogen-bond acceptors (Lipinski definition) is 1. The van der Waals surface area contributed by atoms with Crippen LogP contribution in [-0.2, 0) is 0 Å². The Balaban J connectivity index is 2.12. The highest BCUT2D eigenvalue weighted by Gasteiger charge is 2.12. The standard InChI is InChI=1S/C21H14S/c1-13-12-15-7-3-5-9-17(15)21-19(13)18-11-10-14-6-2-4-8-16(14)20(18)22-21/h2-12H,1H3. The average Bonchev–Trinajstić information content (AvgIpc) is 2.96. The minimum atomic E-state index is 1.32. The summed E-state index contributed by atoms with van der Waals surface area (Å²) in [6, 6.07) is 24.3. The Morgan fingerprint density at radius 1 is 0.636 bits per heavy atom. The lowest BCUT2D eigenvalue weighted by Crippen LogP contribution is -1.78. The summed E-state index contributed by atoms with van der Waals surface area (Å²) in [5, 5.41) is 8.20. The molecule has 0 unspecified atom stereocenters.